The molecule has 0 amide bonds. The highest BCUT2D eigenvalue weighted by molar-refractivity contribution is 5.70. The van der Waals surface area contributed by atoms with E-state index in [1.54, 1.807) is 0 Å². The van der Waals surface area contributed by atoms with Crippen molar-refractivity contribution < 1.29 is 4.74 Å². The fourth-order valence-corrected chi connectivity index (χ4v) is 3.70. The lowest BCUT2D eigenvalue weighted by molar-refractivity contribution is 0.123. The molecule has 2 unspecified atom stereocenters. The van der Waals surface area contributed by atoms with E-state index in [9.17, 15) is 0 Å². The van der Waals surface area contributed by atoms with Gasteiger partial charge >= 0.3 is 0 Å². The van der Waals surface area contributed by atoms with Crippen LogP contribution in [0.15, 0.2) is 24.3 Å². The Labute approximate surface area is 128 Å². The summed E-state index contributed by atoms with van der Waals surface area (Å²) >= 11 is 0. The first-order valence-electron chi connectivity index (χ1n) is 8.48. The topological polar surface area (TPSA) is 24.5 Å². The molecular formula is C18H28N2O. The van der Waals surface area contributed by atoms with E-state index in [1.165, 1.54) is 37.1 Å². The van der Waals surface area contributed by atoms with Crippen LogP contribution in [0.3, 0.4) is 0 Å². The summed E-state index contributed by atoms with van der Waals surface area (Å²) in [6.07, 6.45) is 5.59. The van der Waals surface area contributed by atoms with Gasteiger partial charge in [0.15, 0.2) is 0 Å². The zero-order chi connectivity index (χ0) is 14.5. The third kappa shape index (κ3) is 3.91. The van der Waals surface area contributed by atoms with E-state index in [4.69, 9.17) is 4.74 Å². The van der Waals surface area contributed by atoms with Crippen molar-refractivity contribution in [2.45, 2.75) is 32.6 Å². The van der Waals surface area contributed by atoms with Crippen LogP contribution < -0.4 is 10.2 Å². The average Bonchev–Trinajstić information content (AvgIpc) is 2.54. The van der Waals surface area contributed by atoms with Crippen molar-refractivity contribution in [1.29, 1.82) is 0 Å². The van der Waals surface area contributed by atoms with Crippen molar-refractivity contribution in [3.8, 4) is 0 Å². The molecule has 3 rings (SSSR count). The van der Waals surface area contributed by atoms with E-state index in [2.05, 4.69) is 41.4 Å². The molecule has 1 aromatic carbocycles. The van der Waals surface area contributed by atoms with Crippen LogP contribution in [0, 0.1) is 11.8 Å². The Morgan fingerprint density at radius 2 is 2.00 bits per heavy atom. The Hall–Kier alpha value is -1.22. The molecule has 0 spiro atoms. The molecule has 1 aliphatic heterocycles. The molecule has 1 N–H and O–H groups in total. The highest BCUT2D eigenvalue weighted by Crippen LogP contribution is 2.31. The predicted molar refractivity (Wildman–Crippen MR) is 89.1 cm³/mol. The van der Waals surface area contributed by atoms with E-state index in [1.807, 2.05) is 0 Å². The zero-order valence-electron chi connectivity index (χ0n) is 13.2. The standard InChI is InChI=1S/C18H28N2O/c1-15-5-4-6-16(13-15)14-19-17-7-2-3-8-18(17)20-9-11-21-12-10-20/h2-3,7-8,15-16,19H,4-6,9-14H2,1H3. The Balaban J connectivity index is 1.62. The molecule has 0 radical (unpaired) electrons. The van der Waals surface area contributed by atoms with E-state index in [0.29, 0.717) is 0 Å². The molecule has 1 aromatic rings. The van der Waals surface area contributed by atoms with E-state index in [-0.39, 0.29) is 0 Å². The number of hydrogen-bond acceptors (Lipinski definition) is 3. The van der Waals surface area contributed by atoms with Gasteiger partial charge in [-0.3, -0.25) is 0 Å². The summed E-state index contributed by atoms with van der Waals surface area (Å²) in [6, 6.07) is 8.72. The smallest absolute Gasteiger partial charge is 0.0642 e. The van der Waals surface area contributed by atoms with E-state index in [0.717, 1.165) is 44.7 Å². The fourth-order valence-electron chi connectivity index (χ4n) is 3.70. The summed E-state index contributed by atoms with van der Waals surface area (Å²) in [5.41, 5.74) is 2.63. The van der Waals surface area contributed by atoms with Gasteiger partial charge in [0.05, 0.1) is 24.6 Å². The van der Waals surface area contributed by atoms with Gasteiger partial charge in [0.2, 0.25) is 0 Å². The van der Waals surface area contributed by atoms with Crippen LogP contribution in [0.1, 0.15) is 32.6 Å². The van der Waals surface area contributed by atoms with Gasteiger partial charge in [-0.1, -0.05) is 31.9 Å². The molecule has 3 heteroatoms. The number of para-hydroxylation sites is 2. The number of ether oxygens (including phenoxy) is 1. The summed E-state index contributed by atoms with van der Waals surface area (Å²) in [4.78, 5) is 2.44. The quantitative estimate of drug-likeness (QED) is 0.913. The van der Waals surface area contributed by atoms with Gasteiger partial charge in [0.1, 0.15) is 0 Å². The number of rotatable bonds is 4. The number of nitrogens with zero attached hydrogens (tertiary/aromatic N) is 1. The molecular weight excluding hydrogens is 260 g/mol. The number of hydrogen-bond donors (Lipinski definition) is 1. The van der Waals surface area contributed by atoms with Crippen LogP contribution in [0.4, 0.5) is 11.4 Å². The first-order valence-corrected chi connectivity index (χ1v) is 8.48. The van der Waals surface area contributed by atoms with Crippen molar-refractivity contribution in [2.75, 3.05) is 43.1 Å². The van der Waals surface area contributed by atoms with Gasteiger partial charge in [-0.15, -0.1) is 0 Å². The van der Waals surface area contributed by atoms with Gasteiger partial charge in [-0.2, -0.15) is 0 Å². The summed E-state index contributed by atoms with van der Waals surface area (Å²) in [7, 11) is 0. The van der Waals surface area contributed by atoms with Crippen molar-refractivity contribution in [1.82, 2.24) is 0 Å². The molecule has 0 bridgehead atoms. The van der Waals surface area contributed by atoms with Crippen LogP contribution >= 0.6 is 0 Å². The molecule has 1 aliphatic carbocycles. The van der Waals surface area contributed by atoms with Gasteiger partial charge in [0, 0.05) is 19.6 Å². The molecule has 0 aromatic heterocycles. The monoisotopic (exact) mass is 288 g/mol. The summed E-state index contributed by atoms with van der Waals surface area (Å²) in [5.74, 6) is 1.74. The van der Waals surface area contributed by atoms with Crippen LogP contribution in [0.5, 0.6) is 0 Å². The Kier molecular flexibility index (Phi) is 5.02. The second-order valence-electron chi connectivity index (χ2n) is 6.64. The minimum absolute atomic E-state index is 0.839. The highest BCUT2D eigenvalue weighted by Gasteiger charge is 2.19. The van der Waals surface area contributed by atoms with Crippen LogP contribution in [-0.4, -0.2) is 32.8 Å². The molecule has 2 atom stereocenters. The van der Waals surface area contributed by atoms with Gasteiger partial charge in [0.25, 0.3) is 0 Å². The number of morpholine rings is 1. The molecule has 3 nitrogen and oxygen atoms in total. The van der Waals surface area contributed by atoms with E-state index >= 15 is 0 Å². The average molecular weight is 288 g/mol. The van der Waals surface area contributed by atoms with Crippen LogP contribution in [0.25, 0.3) is 0 Å². The van der Waals surface area contributed by atoms with Gasteiger partial charge in [-0.05, 0) is 36.8 Å². The largest absolute Gasteiger partial charge is 0.383 e. The first-order chi connectivity index (χ1) is 10.3. The first kappa shape index (κ1) is 14.7. The number of benzene rings is 1. The molecule has 1 saturated heterocycles. The molecule has 116 valence electrons. The number of anilines is 2. The third-order valence-electron chi connectivity index (χ3n) is 4.88. The Bertz CT molecular complexity index is 443. The zero-order valence-corrected chi connectivity index (χ0v) is 13.2. The minimum atomic E-state index is 0.839. The summed E-state index contributed by atoms with van der Waals surface area (Å²) in [6.45, 7) is 7.20. The molecule has 2 fully saturated rings. The number of nitrogens with one attached hydrogen (secondary N) is 1. The third-order valence-corrected chi connectivity index (χ3v) is 4.88. The molecule has 21 heavy (non-hydrogen) atoms. The SMILES string of the molecule is CC1CCCC(CNc2ccccc2N2CCOCC2)C1. The van der Waals surface area contributed by atoms with Gasteiger partial charge in [-0.25, -0.2) is 0 Å². The maximum Gasteiger partial charge on any atom is 0.0642 e. The highest BCUT2D eigenvalue weighted by atomic mass is 16.5. The maximum absolute atomic E-state index is 5.47. The maximum atomic E-state index is 5.47. The van der Waals surface area contributed by atoms with Crippen molar-refractivity contribution >= 4 is 11.4 Å². The molecule has 1 heterocycles. The van der Waals surface area contributed by atoms with Gasteiger partial charge < -0.3 is 15.0 Å². The lowest BCUT2D eigenvalue weighted by atomic mass is 9.82. The normalized spacial score (nSPS) is 26.6. The van der Waals surface area contributed by atoms with Crippen molar-refractivity contribution in [3.05, 3.63) is 24.3 Å². The Morgan fingerprint density at radius 1 is 1.19 bits per heavy atom. The second kappa shape index (κ2) is 7.17. The fraction of sp³-hybridized carbons (Fsp3) is 0.667. The molecule has 1 saturated carbocycles. The second-order valence-corrected chi connectivity index (χ2v) is 6.64. The van der Waals surface area contributed by atoms with Crippen molar-refractivity contribution in [2.24, 2.45) is 11.8 Å². The van der Waals surface area contributed by atoms with E-state index < -0.39 is 0 Å². The summed E-state index contributed by atoms with van der Waals surface area (Å²) in [5, 5.41) is 3.72. The molecule has 2 aliphatic rings. The lowest BCUT2D eigenvalue weighted by Crippen LogP contribution is -2.36. The Morgan fingerprint density at radius 3 is 2.81 bits per heavy atom. The summed E-state index contributed by atoms with van der Waals surface area (Å²) < 4.78 is 5.47. The van der Waals surface area contributed by atoms with Crippen LogP contribution in [-0.2, 0) is 4.74 Å². The van der Waals surface area contributed by atoms with Crippen LogP contribution in [0.2, 0.25) is 0 Å². The lowest BCUT2D eigenvalue weighted by Gasteiger charge is -2.32. The predicted octanol–water partition coefficient (Wildman–Crippen LogP) is 3.76. The minimum Gasteiger partial charge on any atom is -0.383 e. The van der Waals surface area contributed by atoms with Crippen molar-refractivity contribution in [3.63, 3.8) is 0 Å².